The number of alkyl halides is 2. The van der Waals surface area contributed by atoms with Gasteiger partial charge in [-0.2, -0.15) is 9.29 Å². The molecule has 1 spiro atoms. The van der Waals surface area contributed by atoms with Crippen molar-refractivity contribution in [3.8, 4) is 11.8 Å². The minimum absolute atomic E-state index is 0.0126. The van der Waals surface area contributed by atoms with Crippen molar-refractivity contribution in [3.63, 3.8) is 0 Å². The fraction of sp³-hybridized carbons (Fsp3) is 0.605. The number of nitrogens with zero attached hydrogens (tertiary/aromatic N) is 7. The predicted octanol–water partition coefficient (Wildman–Crippen LogP) is 6.88. The van der Waals surface area contributed by atoms with Gasteiger partial charge in [-0.25, -0.2) is 17.2 Å². The summed E-state index contributed by atoms with van der Waals surface area (Å²) in [5.74, 6) is -1.42. The van der Waals surface area contributed by atoms with Crippen molar-refractivity contribution in [2.45, 2.75) is 122 Å². The summed E-state index contributed by atoms with van der Waals surface area (Å²) in [5.41, 5.74) is 0.795. The molecule has 17 heteroatoms. The lowest BCUT2D eigenvalue weighted by Gasteiger charge is -2.38. The molecule has 4 aromatic rings. The Bertz CT molecular complexity index is 2340. The minimum atomic E-state index is -4.20. The van der Waals surface area contributed by atoms with E-state index in [0.717, 1.165) is 25.2 Å². The fourth-order valence-corrected chi connectivity index (χ4v) is 10.1. The Kier molecular flexibility index (Phi) is 12.3. The molecule has 14 nitrogen and oxygen atoms in total. The molecule has 7 heterocycles. The third-order valence-corrected chi connectivity index (χ3v) is 13.7. The van der Waals surface area contributed by atoms with E-state index in [4.69, 9.17) is 28.9 Å². The zero-order valence-electron chi connectivity index (χ0n) is 35.9. The van der Waals surface area contributed by atoms with Crippen LogP contribution in [0.5, 0.6) is 11.8 Å². The van der Waals surface area contributed by atoms with Crippen LogP contribution in [0.2, 0.25) is 0 Å². The molecule has 0 radical (unpaired) electrons. The summed E-state index contributed by atoms with van der Waals surface area (Å²) >= 11 is 0. The molecule has 0 bridgehead atoms. The normalized spacial score (nSPS) is 19.2. The van der Waals surface area contributed by atoms with Gasteiger partial charge in [0.25, 0.3) is 6.43 Å². The van der Waals surface area contributed by atoms with E-state index in [2.05, 4.69) is 15.1 Å². The number of fused-ring (bicyclic) bond motifs is 2. The lowest BCUT2D eigenvalue weighted by molar-refractivity contribution is -0.166. The highest BCUT2D eigenvalue weighted by Crippen LogP contribution is 2.45. The molecule has 4 aromatic heterocycles. The number of hydrogen-bond acceptors (Lipinski definition) is 12. The average molecular weight is 854 g/mol. The molecular weight excluding hydrogens is 797 g/mol. The van der Waals surface area contributed by atoms with Crippen LogP contribution >= 0.6 is 0 Å². The third-order valence-electron chi connectivity index (χ3n) is 11.9. The first-order chi connectivity index (χ1) is 28.3. The molecule has 2 fully saturated rings. The quantitative estimate of drug-likeness (QED) is 0.145. The van der Waals surface area contributed by atoms with Gasteiger partial charge in [-0.1, -0.05) is 6.42 Å². The zero-order valence-corrected chi connectivity index (χ0v) is 36.7. The topological polar surface area (TPSA) is 151 Å². The highest BCUT2D eigenvalue weighted by molar-refractivity contribution is 7.89. The Morgan fingerprint density at radius 3 is 2.40 bits per heavy atom. The minimum Gasteiger partial charge on any atom is -0.476 e. The molecule has 1 atom stereocenters. The third kappa shape index (κ3) is 8.86. The lowest BCUT2D eigenvalue weighted by Crippen LogP contribution is -2.50. The predicted molar refractivity (Wildman–Crippen MR) is 219 cm³/mol. The number of piperidine rings is 1. The molecule has 0 saturated carbocycles. The summed E-state index contributed by atoms with van der Waals surface area (Å²) in [6.07, 6.45) is 4.76. The first-order valence-electron chi connectivity index (χ1n) is 20.7. The van der Waals surface area contributed by atoms with E-state index in [-0.39, 0.29) is 29.5 Å². The number of likely N-dealkylation sites (tertiary alicyclic amines) is 1. The van der Waals surface area contributed by atoms with Crippen molar-refractivity contribution in [2.75, 3.05) is 46.0 Å². The monoisotopic (exact) mass is 853 g/mol. The van der Waals surface area contributed by atoms with Crippen LogP contribution in [0.1, 0.15) is 118 Å². The van der Waals surface area contributed by atoms with Crippen LogP contribution in [-0.2, 0) is 30.8 Å². The molecule has 0 amide bonds. The summed E-state index contributed by atoms with van der Waals surface area (Å²) in [6.45, 7) is 18.3. The van der Waals surface area contributed by atoms with Crippen molar-refractivity contribution < 1.29 is 40.9 Å². The number of carbonyl (C=O) groups excluding carboxylic acids is 1. The Balaban J connectivity index is 1.28. The van der Waals surface area contributed by atoms with E-state index in [1.54, 1.807) is 66.8 Å². The largest absolute Gasteiger partial charge is 0.476 e. The number of carbonyl (C=O) groups is 1. The van der Waals surface area contributed by atoms with E-state index < -0.39 is 50.8 Å². The standard InChI is InChI=1S/C43H57F2N7O7S/c1-27-22-33-39(47-38(27)57-21-18-50-15-10-9-11-16-50)58-43(13-19-56-20-14-43)26-51(60(33,54)55)25-30-23-32(46-24-28(30)2)34(42(7,8)40(53)59-41(4,5)6)31-12-17-52-36(29(31)3)48-49-37(52)35(44)45/h12,17,22-24,34-35H,9-11,13-16,18-21,25-26H2,1-8H3. The second-order valence-corrected chi connectivity index (χ2v) is 19.9. The zero-order chi connectivity index (χ0) is 43.2. The number of aryl methyl sites for hydroxylation is 3. The Morgan fingerprint density at radius 2 is 1.72 bits per heavy atom. The number of rotatable bonds is 11. The van der Waals surface area contributed by atoms with Crippen molar-refractivity contribution in [3.05, 3.63) is 69.9 Å². The van der Waals surface area contributed by atoms with E-state index in [0.29, 0.717) is 66.5 Å². The number of halogens is 2. The van der Waals surface area contributed by atoms with Crippen LogP contribution in [0.4, 0.5) is 8.78 Å². The van der Waals surface area contributed by atoms with E-state index in [1.165, 1.54) is 34.2 Å². The van der Waals surface area contributed by atoms with Crippen LogP contribution in [0, 0.1) is 26.2 Å². The Morgan fingerprint density at radius 1 is 1.00 bits per heavy atom. The van der Waals surface area contributed by atoms with E-state index in [1.807, 2.05) is 13.0 Å². The number of sulfonamides is 1. The maximum atomic E-state index is 14.9. The van der Waals surface area contributed by atoms with E-state index >= 15 is 0 Å². The average Bonchev–Trinajstić information content (AvgIpc) is 3.60. The summed E-state index contributed by atoms with van der Waals surface area (Å²) in [5, 5.41) is 7.83. The highest BCUT2D eigenvalue weighted by Gasteiger charge is 2.47. The molecule has 0 aromatic carbocycles. The molecule has 7 rings (SSSR count). The van der Waals surface area contributed by atoms with Gasteiger partial charge in [0.2, 0.25) is 27.6 Å². The van der Waals surface area contributed by atoms with Gasteiger partial charge in [0.05, 0.1) is 25.2 Å². The number of esters is 1. The van der Waals surface area contributed by atoms with Crippen LogP contribution in [0.3, 0.4) is 0 Å². The first kappa shape index (κ1) is 43.8. The van der Waals surface area contributed by atoms with Gasteiger partial charge in [-0.05, 0) is 122 Å². The lowest BCUT2D eigenvalue weighted by atomic mass is 9.71. The second-order valence-electron chi connectivity index (χ2n) is 18.0. The molecule has 1 unspecified atom stereocenters. The van der Waals surface area contributed by atoms with Crippen molar-refractivity contribution >= 4 is 21.6 Å². The van der Waals surface area contributed by atoms with Crippen LogP contribution < -0.4 is 9.47 Å². The fourth-order valence-electron chi connectivity index (χ4n) is 8.47. The van der Waals surface area contributed by atoms with Gasteiger partial charge < -0.3 is 18.9 Å². The van der Waals surface area contributed by atoms with Gasteiger partial charge in [-0.15, -0.1) is 10.2 Å². The van der Waals surface area contributed by atoms with Crippen molar-refractivity contribution in [2.24, 2.45) is 5.41 Å². The number of ether oxygens (including phenoxy) is 4. The number of pyridine rings is 3. The van der Waals surface area contributed by atoms with Gasteiger partial charge in [0, 0.05) is 55.5 Å². The van der Waals surface area contributed by atoms with Crippen LogP contribution in [0.25, 0.3) is 5.65 Å². The van der Waals surface area contributed by atoms with E-state index in [9.17, 15) is 22.0 Å². The maximum absolute atomic E-state index is 14.9. The van der Waals surface area contributed by atoms with Gasteiger partial charge in [0.15, 0.2) is 5.65 Å². The Labute approximate surface area is 351 Å². The summed E-state index contributed by atoms with van der Waals surface area (Å²) < 4.78 is 84.7. The second kappa shape index (κ2) is 16.9. The molecule has 3 aliphatic heterocycles. The molecule has 2 saturated heterocycles. The molecule has 0 aliphatic carbocycles. The van der Waals surface area contributed by atoms with Crippen LogP contribution in [0.15, 0.2) is 35.5 Å². The number of hydrogen-bond donors (Lipinski definition) is 0. The van der Waals surface area contributed by atoms with Crippen LogP contribution in [-0.4, -0.2) is 105 Å². The number of aromatic nitrogens is 5. The smallest absolute Gasteiger partial charge is 0.313 e. The molecule has 60 heavy (non-hydrogen) atoms. The SMILES string of the molecule is Cc1cnc(C(c2ccn3c(C(F)F)nnc3c2C)C(C)(C)C(=O)OC(C)(C)C)cc1CN1CC2(CCOCC2)Oc2nc(OCCN3CCCCC3)c(C)cc2S1(=O)=O. The summed E-state index contributed by atoms with van der Waals surface area (Å²) in [4.78, 5) is 26.0. The Hall–Kier alpha value is -4.32. The van der Waals surface area contributed by atoms with Crippen molar-refractivity contribution in [1.82, 2.24) is 33.8 Å². The summed E-state index contributed by atoms with van der Waals surface area (Å²) in [7, 11) is -4.20. The molecule has 326 valence electrons. The van der Waals surface area contributed by atoms with Crippen molar-refractivity contribution in [1.29, 1.82) is 0 Å². The molecular formula is C43H57F2N7O7S. The molecule has 0 N–H and O–H groups in total. The summed E-state index contributed by atoms with van der Waals surface area (Å²) in [6, 6.07) is 5.09. The first-order valence-corrected chi connectivity index (χ1v) is 22.2. The van der Waals surface area contributed by atoms with Gasteiger partial charge >= 0.3 is 5.97 Å². The molecule has 3 aliphatic rings. The van der Waals surface area contributed by atoms with Gasteiger partial charge in [0.1, 0.15) is 22.7 Å². The van der Waals surface area contributed by atoms with Gasteiger partial charge in [-0.3, -0.25) is 19.1 Å². The maximum Gasteiger partial charge on any atom is 0.313 e. The highest BCUT2D eigenvalue weighted by atomic mass is 32.2.